The number of hydrogen-bond donors (Lipinski definition) is 0. The van der Waals surface area contributed by atoms with Crippen LogP contribution >= 0.6 is 0 Å². The molecule has 1 heteroatoms. The smallest absolute Gasteiger partial charge is 0.0453 e. The lowest BCUT2D eigenvalue weighted by atomic mass is 9.85. The summed E-state index contributed by atoms with van der Waals surface area (Å²) in [5, 5.41) is 0. The first-order chi connectivity index (χ1) is 10.8. The number of hydrogen-bond acceptors (Lipinski definition) is 1. The van der Waals surface area contributed by atoms with Gasteiger partial charge in [0.2, 0.25) is 0 Å². The molecule has 4 rings (SSSR count). The summed E-state index contributed by atoms with van der Waals surface area (Å²) in [7, 11) is 2.16. The predicted molar refractivity (Wildman–Crippen MR) is 93.9 cm³/mol. The van der Waals surface area contributed by atoms with Gasteiger partial charge < -0.3 is 4.90 Å². The van der Waals surface area contributed by atoms with Crippen LogP contribution in [-0.2, 0) is 0 Å². The molecule has 3 aromatic rings. The van der Waals surface area contributed by atoms with Crippen LogP contribution in [-0.4, -0.2) is 7.05 Å². The minimum Gasteiger partial charge on any atom is -0.344 e. The normalized spacial score (nSPS) is 16.1. The maximum absolute atomic E-state index is 2.32. The molecule has 108 valence electrons. The highest BCUT2D eigenvalue weighted by Gasteiger charge is 2.25. The number of benzene rings is 3. The van der Waals surface area contributed by atoms with Gasteiger partial charge >= 0.3 is 0 Å². The molecule has 1 unspecified atom stereocenters. The largest absolute Gasteiger partial charge is 0.344 e. The number of rotatable bonds is 1. The second kappa shape index (κ2) is 5.03. The summed E-state index contributed by atoms with van der Waals surface area (Å²) in [6, 6.07) is 26.1. The van der Waals surface area contributed by atoms with E-state index in [9.17, 15) is 0 Å². The third-order valence-corrected chi connectivity index (χ3v) is 4.73. The van der Waals surface area contributed by atoms with Gasteiger partial charge in [-0.2, -0.15) is 0 Å². The fourth-order valence-electron chi connectivity index (χ4n) is 3.47. The Hall–Kier alpha value is -2.54. The van der Waals surface area contributed by atoms with E-state index in [1.807, 2.05) is 0 Å². The Morgan fingerprint density at radius 2 is 1.36 bits per heavy atom. The summed E-state index contributed by atoms with van der Waals surface area (Å²) in [5.41, 5.74) is 7.98. The molecule has 0 saturated carbocycles. The minimum atomic E-state index is 0.437. The third kappa shape index (κ3) is 1.93. The van der Waals surface area contributed by atoms with Gasteiger partial charge in [-0.1, -0.05) is 67.6 Å². The monoisotopic (exact) mass is 285 g/mol. The van der Waals surface area contributed by atoms with Gasteiger partial charge in [-0.15, -0.1) is 0 Å². The van der Waals surface area contributed by atoms with E-state index >= 15 is 0 Å². The van der Waals surface area contributed by atoms with E-state index in [1.165, 1.54) is 33.6 Å². The van der Waals surface area contributed by atoms with Crippen LogP contribution in [0.15, 0.2) is 72.8 Å². The van der Waals surface area contributed by atoms with Gasteiger partial charge in [-0.05, 0) is 34.4 Å². The zero-order chi connectivity index (χ0) is 15.1. The van der Waals surface area contributed by atoms with E-state index in [1.54, 1.807) is 0 Å². The summed E-state index contributed by atoms with van der Waals surface area (Å²) >= 11 is 0. The lowest BCUT2D eigenvalue weighted by Crippen LogP contribution is -2.20. The molecule has 3 aromatic carbocycles. The van der Waals surface area contributed by atoms with Crippen LogP contribution < -0.4 is 4.90 Å². The molecule has 0 radical (unpaired) electrons. The zero-order valence-corrected chi connectivity index (χ0v) is 13.0. The molecule has 0 spiro atoms. The summed E-state index contributed by atoms with van der Waals surface area (Å²) in [5.74, 6) is 0.437. The van der Waals surface area contributed by atoms with E-state index in [0.29, 0.717) is 5.92 Å². The van der Waals surface area contributed by atoms with E-state index in [0.717, 1.165) is 0 Å². The molecule has 0 N–H and O–H groups in total. The average Bonchev–Trinajstić information content (AvgIpc) is 2.60. The molecule has 0 saturated heterocycles. The van der Waals surface area contributed by atoms with Crippen molar-refractivity contribution in [1.29, 1.82) is 0 Å². The fourth-order valence-corrected chi connectivity index (χ4v) is 3.47. The summed E-state index contributed by atoms with van der Waals surface area (Å²) in [6.07, 6.45) is 0. The molecule has 0 amide bonds. The van der Waals surface area contributed by atoms with Crippen molar-refractivity contribution >= 4 is 11.4 Å². The Kier molecular flexibility index (Phi) is 3.00. The van der Waals surface area contributed by atoms with Gasteiger partial charge in [-0.25, -0.2) is 0 Å². The van der Waals surface area contributed by atoms with Crippen LogP contribution in [0.4, 0.5) is 11.4 Å². The Balaban J connectivity index is 1.87. The quantitative estimate of drug-likeness (QED) is 0.563. The predicted octanol–water partition coefficient (Wildman–Crippen LogP) is 5.59. The van der Waals surface area contributed by atoms with Crippen molar-refractivity contribution < 1.29 is 0 Å². The third-order valence-electron chi connectivity index (χ3n) is 4.73. The second-order valence-corrected chi connectivity index (χ2v) is 5.98. The number of anilines is 2. The van der Waals surface area contributed by atoms with Gasteiger partial charge in [-0.3, -0.25) is 0 Å². The first kappa shape index (κ1) is 13.1. The molecule has 1 heterocycles. The van der Waals surface area contributed by atoms with Gasteiger partial charge in [0.1, 0.15) is 0 Å². The second-order valence-electron chi connectivity index (χ2n) is 5.98. The van der Waals surface area contributed by atoms with Crippen LogP contribution in [0.1, 0.15) is 24.0 Å². The van der Waals surface area contributed by atoms with Gasteiger partial charge in [0.05, 0.1) is 0 Å². The van der Waals surface area contributed by atoms with Crippen molar-refractivity contribution in [2.45, 2.75) is 12.8 Å². The molecule has 0 aromatic heterocycles. The molecule has 1 aliphatic heterocycles. The molecule has 0 bridgehead atoms. The van der Waals surface area contributed by atoms with Crippen molar-refractivity contribution in [3.8, 4) is 11.1 Å². The highest BCUT2D eigenvalue weighted by atomic mass is 15.1. The number of nitrogens with zero attached hydrogens (tertiary/aromatic N) is 1. The molecule has 0 fully saturated rings. The van der Waals surface area contributed by atoms with E-state index in [4.69, 9.17) is 0 Å². The molecular formula is C21H19N. The molecule has 1 nitrogen and oxygen atoms in total. The molecule has 1 atom stereocenters. The van der Waals surface area contributed by atoms with Crippen LogP contribution in [0.5, 0.6) is 0 Å². The Morgan fingerprint density at radius 1 is 0.682 bits per heavy atom. The lowest BCUT2D eigenvalue weighted by Gasteiger charge is -2.34. The van der Waals surface area contributed by atoms with Crippen molar-refractivity contribution in [1.82, 2.24) is 0 Å². The summed E-state index contributed by atoms with van der Waals surface area (Å²) in [4.78, 5) is 2.32. The first-order valence-electron chi connectivity index (χ1n) is 7.78. The van der Waals surface area contributed by atoms with Gasteiger partial charge in [0.15, 0.2) is 0 Å². The maximum Gasteiger partial charge on any atom is 0.0453 e. The summed E-state index contributed by atoms with van der Waals surface area (Å²) < 4.78 is 0. The maximum atomic E-state index is 2.32. The van der Waals surface area contributed by atoms with Crippen LogP contribution in [0.25, 0.3) is 11.1 Å². The van der Waals surface area contributed by atoms with Crippen molar-refractivity contribution in [3.63, 3.8) is 0 Å². The Morgan fingerprint density at radius 3 is 2.18 bits per heavy atom. The standard InChI is InChI=1S/C21H19N/c1-15-18-10-6-7-11-20(18)22(2)21-14-17(12-13-19(15)21)16-8-4-3-5-9-16/h3-15H,1-2H3. The minimum absolute atomic E-state index is 0.437. The molecule has 1 aliphatic rings. The molecule has 0 aliphatic carbocycles. The first-order valence-corrected chi connectivity index (χ1v) is 7.78. The van der Waals surface area contributed by atoms with E-state index in [2.05, 4.69) is 91.7 Å². The fraction of sp³-hybridized carbons (Fsp3) is 0.143. The molecule has 22 heavy (non-hydrogen) atoms. The van der Waals surface area contributed by atoms with E-state index in [-0.39, 0.29) is 0 Å². The summed E-state index contributed by atoms with van der Waals surface area (Å²) in [6.45, 7) is 2.30. The van der Waals surface area contributed by atoms with Crippen LogP contribution in [0.3, 0.4) is 0 Å². The zero-order valence-electron chi connectivity index (χ0n) is 13.0. The SMILES string of the molecule is CC1c2ccccc2N(C)c2cc(-c3ccccc3)ccc21. The average molecular weight is 285 g/mol. The number of fused-ring (bicyclic) bond motifs is 2. The number of para-hydroxylation sites is 1. The van der Waals surface area contributed by atoms with Crippen LogP contribution in [0.2, 0.25) is 0 Å². The van der Waals surface area contributed by atoms with Crippen molar-refractivity contribution in [3.05, 3.63) is 83.9 Å². The van der Waals surface area contributed by atoms with Crippen molar-refractivity contribution in [2.75, 3.05) is 11.9 Å². The van der Waals surface area contributed by atoms with E-state index < -0.39 is 0 Å². The highest BCUT2D eigenvalue weighted by molar-refractivity contribution is 5.79. The molecular weight excluding hydrogens is 266 g/mol. The topological polar surface area (TPSA) is 3.24 Å². The van der Waals surface area contributed by atoms with Crippen LogP contribution in [0, 0.1) is 0 Å². The van der Waals surface area contributed by atoms with Crippen molar-refractivity contribution in [2.24, 2.45) is 0 Å². The van der Waals surface area contributed by atoms with Gasteiger partial charge in [0, 0.05) is 24.3 Å². The lowest BCUT2D eigenvalue weighted by molar-refractivity contribution is 0.883. The Bertz CT molecular complexity index is 820. The van der Waals surface area contributed by atoms with Gasteiger partial charge in [0.25, 0.3) is 0 Å². The Labute approximate surface area is 131 Å². The highest BCUT2D eigenvalue weighted by Crippen LogP contribution is 2.45.